The summed E-state index contributed by atoms with van der Waals surface area (Å²) < 4.78 is 0. The van der Waals surface area contributed by atoms with Crippen molar-refractivity contribution in [2.24, 2.45) is 0 Å². The number of para-hydroxylation sites is 2. The van der Waals surface area contributed by atoms with Gasteiger partial charge in [-0.3, -0.25) is 9.78 Å². The zero-order valence-electron chi connectivity index (χ0n) is 11.2. The number of hydrogen-bond acceptors (Lipinski definition) is 2. The summed E-state index contributed by atoms with van der Waals surface area (Å²) in [6, 6.07) is 16.8. The van der Waals surface area contributed by atoms with Gasteiger partial charge in [-0.05, 0) is 23.8 Å². The standard InChI is InChI=1S/C17H13ClN2O/c18-11-12-5-1-3-7-15(12)20-17(21)14-9-10-19-16-8-4-2-6-13(14)16/h1-10H,11H2,(H,20,21). The van der Waals surface area contributed by atoms with Crippen LogP contribution in [-0.2, 0) is 5.88 Å². The molecule has 2 aromatic carbocycles. The smallest absolute Gasteiger partial charge is 0.256 e. The van der Waals surface area contributed by atoms with Crippen LogP contribution < -0.4 is 5.32 Å². The third kappa shape index (κ3) is 2.73. The van der Waals surface area contributed by atoms with Crippen LogP contribution >= 0.6 is 11.6 Å². The lowest BCUT2D eigenvalue weighted by Crippen LogP contribution is -2.13. The first-order valence-electron chi connectivity index (χ1n) is 6.58. The minimum absolute atomic E-state index is 0.161. The first-order chi connectivity index (χ1) is 10.3. The molecule has 0 bridgehead atoms. The number of alkyl halides is 1. The Labute approximate surface area is 127 Å². The van der Waals surface area contributed by atoms with Crippen molar-refractivity contribution in [3.63, 3.8) is 0 Å². The van der Waals surface area contributed by atoms with Gasteiger partial charge in [0, 0.05) is 23.2 Å². The van der Waals surface area contributed by atoms with E-state index in [4.69, 9.17) is 11.6 Å². The lowest BCUT2D eigenvalue weighted by Gasteiger charge is -2.10. The lowest BCUT2D eigenvalue weighted by atomic mass is 10.1. The fourth-order valence-corrected chi connectivity index (χ4v) is 2.48. The van der Waals surface area contributed by atoms with Crippen LogP contribution in [0.1, 0.15) is 15.9 Å². The zero-order valence-corrected chi connectivity index (χ0v) is 12.0. The number of pyridine rings is 1. The van der Waals surface area contributed by atoms with Gasteiger partial charge in [0.15, 0.2) is 0 Å². The first kappa shape index (κ1) is 13.6. The van der Waals surface area contributed by atoms with Gasteiger partial charge < -0.3 is 5.32 Å². The highest BCUT2D eigenvalue weighted by molar-refractivity contribution is 6.18. The van der Waals surface area contributed by atoms with Crippen molar-refractivity contribution in [3.8, 4) is 0 Å². The number of nitrogens with zero attached hydrogens (tertiary/aromatic N) is 1. The van der Waals surface area contributed by atoms with E-state index in [9.17, 15) is 4.79 Å². The number of rotatable bonds is 3. The van der Waals surface area contributed by atoms with Gasteiger partial charge in [-0.1, -0.05) is 36.4 Å². The Hall–Kier alpha value is -2.39. The maximum absolute atomic E-state index is 12.5. The molecule has 3 nitrogen and oxygen atoms in total. The number of aromatic nitrogens is 1. The number of benzene rings is 2. The van der Waals surface area contributed by atoms with Crippen LogP contribution in [0, 0.1) is 0 Å². The van der Waals surface area contributed by atoms with Crippen molar-refractivity contribution < 1.29 is 4.79 Å². The highest BCUT2D eigenvalue weighted by Gasteiger charge is 2.11. The minimum atomic E-state index is -0.161. The molecule has 0 atom stereocenters. The molecule has 0 unspecified atom stereocenters. The molecule has 0 aliphatic rings. The van der Waals surface area contributed by atoms with E-state index in [1.807, 2.05) is 48.5 Å². The summed E-state index contributed by atoms with van der Waals surface area (Å²) in [6.07, 6.45) is 1.64. The fraction of sp³-hybridized carbons (Fsp3) is 0.0588. The largest absolute Gasteiger partial charge is 0.322 e. The molecule has 21 heavy (non-hydrogen) atoms. The van der Waals surface area contributed by atoms with Crippen molar-refractivity contribution in [1.29, 1.82) is 0 Å². The van der Waals surface area contributed by atoms with Crippen LogP contribution in [0.5, 0.6) is 0 Å². The number of hydrogen-bond donors (Lipinski definition) is 1. The van der Waals surface area contributed by atoms with Crippen molar-refractivity contribution in [3.05, 3.63) is 71.9 Å². The molecule has 0 fully saturated rings. The summed E-state index contributed by atoms with van der Waals surface area (Å²) in [7, 11) is 0. The van der Waals surface area contributed by atoms with Crippen molar-refractivity contribution in [2.45, 2.75) is 5.88 Å². The summed E-state index contributed by atoms with van der Waals surface area (Å²) in [6.45, 7) is 0. The van der Waals surface area contributed by atoms with E-state index in [1.54, 1.807) is 12.3 Å². The number of carbonyl (C=O) groups is 1. The maximum atomic E-state index is 12.5. The second-order valence-corrected chi connectivity index (χ2v) is 4.89. The number of amides is 1. The van der Waals surface area contributed by atoms with Gasteiger partial charge in [0.25, 0.3) is 5.91 Å². The SMILES string of the molecule is O=C(Nc1ccccc1CCl)c1ccnc2ccccc12. The normalized spacial score (nSPS) is 10.5. The summed E-state index contributed by atoms with van der Waals surface area (Å²) in [5.74, 6) is 0.194. The van der Waals surface area contributed by atoms with Crippen LogP contribution in [0.15, 0.2) is 60.8 Å². The number of anilines is 1. The number of nitrogens with one attached hydrogen (secondary N) is 1. The highest BCUT2D eigenvalue weighted by Crippen LogP contribution is 2.21. The molecular formula is C17H13ClN2O. The van der Waals surface area contributed by atoms with E-state index in [0.29, 0.717) is 11.4 Å². The van der Waals surface area contributed by atoms with E-state index in [1.165, 1.54) is 0 Å². The van der Waals surface area contributed by atoms with Crippen LogP contribution in [-0.4, -0.2) is 10.9 Å². The van der Waals surface area contributed by atoms with Gasteiger partial charge in [-0.15, -0.1) is 11.6 Å². The summed E-state index contributed by atoms with van der Waals surface area (Å²) in [5.41, 5.74) is 3.03. The number of halogens is 1. The summed E-state index contributed by atoms with van der Waals surface area (Å²) in [5, 5.41) is 3.75. The Morgan fingerprint density at radius 1 is 1.05 bits per heavy atom. The minimum Gasteiger partial charge on any atom is -0.322 e. The molecule has 0 aliphatic carbocycles. The molecule has 104 valence electrons. The van der Waals surface area contributed by atoms with Crippen LogP contribution in [0.25, 0.3) is 10.9 Å². The molecule has 4 heteroatoms. The fourth-order valence-electron chi connectivity index (χ4n) is 2.24. The predicted molar refractivity (Wildman–Crippen MR) is 85.7 cm³/mol. The molecule has 1 amide bonds. The molecule has 1 heterocycles. The summed E-state index contributed by atoms with van der Waals surface area (Å²) >= 11 is 5.90. The Bertz CT molecular complexity index is 796. The molecular weight excluding hydrogens is 284 g/mol. The van der Waals surface area contributed by atoms with Gasteiger partial charge in [0.1, 0.15) is 0 Å². The maximum Gasteiger partial charge on any atom is 0.256 e. The quantitative estimate of drug-likeness (QED) is 0.735. The molecule has 0 spiro atoms. The second kappa shape index (κ2) is 5.94. The molecule has 0 radical (unpaired) electrons. The van der Waals surface area contributed by atoms with Gasteiger partial charge in [-0.25, -0.2) is 0 Å². The van der Waals surface area contributed by atoms with Crippen molar-refractivity contribution >= 4 is 34.1 Å². The van der Waals surface area contributed by atoms with Crippen LogP contribution in [0.4, 0.5) is 5.69 Å². The van der Waals surface area contributed by atoms with E-state index in [2.05, 4.69) is 10.3 Å². The van der Waals surface area contributed by atoms with Crippen LogP contribution in [0.2, 0.25) is 0 Å². The van der Waals surface area contributed by atoms with E-state index >= 15 is 0 Å². The summed E-state index contributed by atoms with van der Waals surface area (Å²) in [4.78, 5) is 16.8. The van der Waals surface area contributed by atoms with Crippen molar-refractivity contribution in [1.82, 2.24) is 4.98 Å². The molecule has 3 rings (SSSR count). The van der Waals surface area contributed by atoms with E-state index in [-0.39, 0.29) is 5.91 Å². The monoisotopic (exact) mass is 296 g/mol. The first-order valence-corrected chi connectivity index (χ1v) is 7.12. The average molecular weight is 297 g/mol. The van der Waals surface area contributed by atoms with Gasteiger partial charge >= 0.3 is 0 Å². The van der Waals surface area contributed by atoms with E-state index in [0.717, 1.165) is 22.2 Å². The van der Waals surface area contributed by atoms with Crippen LogP contribution in [0.3, 0.4) is 0 Å². The highest BCUT2D eigenvalue weighted by atomic mass is 35.5. The number of fused-ring (bicyclic) bond motifs is 1. The van der Waals surface area contributed by atoms with E-state index < -0.39 is 0 Å². The third-order valence-corrected chi connectivity index (χ3v) is 3.59. The third-order valence-electron chi connectivity index (χ3n) is 3.30. The zero-order chi connectivity index (χ0) is 14.7. The Morgan fingerprint density at radius 2 is 1.81 bits per heavy atom. The Kier molecular flexibility index (Phi) is 3.84. The molecule has 1 aromatic heterocycles. The molecule has 0 aliphatic heterocycles. The Balaban J connectivity index is 1.98. The Morgan fingerprint density at radius 3 is 2.67 bits per heavy atom. The second-order valence-electron chi connectivity index (χ2n) is 4.62. The molecule has 1 N–H and O–H groups in total. The lowest BCUT2D eigenvalue weighted by molar-refractivity contribution is 0.102. The van der Waals surface area contributed by atoms with Gasteiger partial charge in [-0.2, -0.15) is 0 Å². The molecule has 3 aromatic rings. The average Bonchev–Trinajstić information content (AvgIpc) is 2.54. The topological polar surface area (TPSA) is 42.0 Å². The number of carbonyl (C=O) groups excluding carboxylic acids is 1. The molecule has 0 saturated heterocycles. The predicted octanol–water partition coefficient (Wildman–Crippen LogP) is 4.23. The van der Waals surface area contributed by atoms with Crippen molar-refractivity contribution in [2.75, 3.05) is 5.32 Å². The van der Waals surface area contributed by atoms with Gasteiger partial charge in [0.05, 0.1) is 11.1 Å². The van der Waals surface area contributed by atoms with Gasteiger partial charge in [0.2, 0.25) is 0 Å². The molecule has 0 saturated carbocycles.